The van der Waals surface area contributed by atoms with E-state index in [1.165, 1.54) is 16.4 Å². The average Bonchev–Trinajstić information content (AvgIpc) is 3.07. The molecule has 1 aromatic heterocycles. The van der Waals surface area contributed by atoms with Crippen molar-refractivity contribution in [3.05, 3.63) is 53.1 Å². The number of nitrogens with zero attached hydrogens (tertiary/aromatic N) is 4. The zero-order valence-corrected chi connectivity index (χ0v) is 16.1. The fourth-order valence-corrected chi connectivity index (χ4v) is 4.43. The van der Waals surface area contributed by atoms with E-state index < -0.39 is 15.8 Å². The van der Waals surface area contributed by atoms with Gasteiger partial charge in [-0.25, -0.2) is 12.8 Å². The van der Waals surface area contributed by atoms with Gasteiger partial charge in [-0.3, -0.25) is 9.48 Å². The van der Waals surface area contributed by atoms with Gasteiger partial charge in [0.1, 0.15) is 5.82 Å². The quantitative estimate of drug-likeness (QED) is 0.717. The van der Waals surface area contributed by atoms with Crippen LogP contribution in [0.15, 0.2) is 41.6 Å². The SMILES string of the molecule is Cn1cc(C=CC(=O)N2CCN(S(=O)(=O)c3ccc(F)c(Cl)c3)CC2)cn1. The molecule has 10 heteroatoms. The first-order chi connectivity index (χ1) is 12.8. The minimum absolute atomic E-state index is 0.0647. The van der Waals surface area contributed by atoms with E-state index in [9.17, 15) is 17.6 Å². The summed E-state index contributed by atoms with van der Waals surface area (Å²) in [6.07, 6.45) is 6.53. The van der Waals surface area contributed by atoms with Crippen LogP contribution in [0.25, 0.3) is 6.08 Å². The standard InChI is InChI=1S/C17H18ClFN4O3S/c1-21-12-13(11-20-21)2-5-17(24)22-6-8-23(9-7-22)27(25,26)14-3-4-16(19)15(18)10-14/h2-5,10-12H,6-9H2,1H3. The van der Waals surface area contributed by atoms with Crippen molar-refractivity contribution in [3.8, 4) is 0 Å². The van der Waals surface area contributed by atoms with Gasteiger partial charge >= 0.3 is 0 Å². The molecule has 0 aliphatic carbocycles. The lowest BCUT2D eigenvalue weighted by atomic mass is 10.3. The molecule has 1 aliphatic rings. The summed E-state index contributed by atoms with van der Waals surface area (Å²) in [5.74, 6) is -0.868. The Morgan fingerprint density at radius 3 is 2.56 bits per heavy atom. The van der Waals surface area contributed by atoms with Gasteiger partial charge in [-0.15, -0.1) is 0 Å². The second-order valence-corrected chi connectivity index (χ2v) is 8.43. The monoisotopic (exact) mass is 412 g/mol. The molecule has 0 atom stereocenters. The van der Waals surface area contributed by atoms with Gasteiger partial charge in [0.2, 0.25) is 15.9 Å². The van der Waals surface area contributed by atoms with Crippen molar-refractivity contribution in [2.24, 2.45) is 7.05 Å². The van der Waals surface area contributed by atoms with E-state index >= 15 is 0 Å². The van der Waals surface area contributed by atoms with Gasteiger partial charge < -0.3 is 4.90 Å². The number of benzene rings is 1. The summed E-state index contributed by atoms with van der Waals surface area (Å²) in [5.41, 5.74) is 0.806. The predicted octanol–water partition coefficient (Wildman–Crippen LogP) is 1.76. The van der Waals surface area contributed by atoms with Crippen molar-refractivity contribution in [3.63, 3.8) is 0 Å². The lowest BCUT2D eigenvalue weighted by Crippen LogP contribution is -2.50. The predicted molar refractivity (Wildman–Crippen MR) is 99.0 cm³/mol. The van der Waals surface area contributed by atoms with Gasteiger partial charge in [0.15, 0.2) is 0 Å². The molecule has 0 bridgehead atoms. The summed E-state index contributed by atoms with van der Waals surface area (Å²) >= 11 is 5.69. The molecule has 2 aromatic rings. The van der Waals surface area contributed by atoms with Crippen LogP contribution in [0.4, 0.5) is 4.39 Å². The summed E-state index contributed by atoms with van der Waals surface area (Å²) in [7, 11) is -2.00. The van der Waals surface area contributed by atoms with Crippen molar-refractivity contribution in [2.45, 2.75) is 4.90 Å². The van der Waals surface area contributed by atoms with E-state index in [-0.39, 0.29) is 42.0 Å². The van der Waals surface area contributed by atoms with Crippen LogP contribution in [0.1, 0.15) is 5.56 Å². The third-order valence-electron chi connectivity index (χ3n) is 4.22. The molecule has 0 radical (unpaired) electrons. The summed E-state index contributed by atoms with van der Waals surface area (Å²) in [4.78, 5) is 13.8. The van der Waals surface area contributed by atoms with Crippen molar-refractivity contribution >= 4 is 33.6 Å². The van der Waals surface area contributed by atoms with E-state index in [2.05, 4.69) is 5.10 Å². The number of halogens is 2. The maximum absolute atomic E-state index is 13.3. The molecule has 1 amide bonds. The smallest absolute Gasteiger partial charge is 0.246 e. The van der Waals surface area contributed by atoms with Crippen LogP contribution in [0, 0.1) is 5.82 Å². The summed E-state index contributed by atoms with van der Waals surface area (Å²) in [6, 6.07) is 3.31. The van der Waals surface area contributed by atoms with Crippen LogP contribution in [0.3, 0.4) is 0 Å². The number of carbonyl (C=O) groups excluding carboxylic acids is 1. The molecule has 1 fully saturated rings. The Bertz CT molecular complexity index is 982. The van der Waals surface area contributed by atoms with Crippen LogP contribution in [0.5, 0.6) is 0 Å². The number of hydrogen-bond donors (Lipinski definition) is 0. The summed E-state index contributed by atoms with van der Waals surface area (Å²) < 4.78 is 41.5. The van der Waals surface area contributed by atoms with Gasteiger partial charge in [0.25, 0.3) is 0 Å². The molecule has 2 heterocycles. The molecule has 1 aromatic carbocycles. The number of aromatic nitrogens is 2. The molecule has 0 spiro atoms. The molecular weight excluding hydrogens is 395 g/mol. The van der Waals surface area contributed by atoms with Crippen LogP contribution in [-0.2, 0) is 21.9 Å². The van der Waals surface area contributed by atoms with Crippen molar-refractivity contribution in [2.75, 3.05) is 26.2 Å². The average molecular weight is 413 g/mol. The molecule has 3 rings (SSSR count). The molecule has 0 unspecified atom stereocenters. The second-order valence-electron chi connectivity index (χ2n) is 6.09. The molecule has 0 saturated carbocycles. The normalized spacial score (nSPS) is 16.2. The number of hydrogen-bond acceptors (Lipinski definition) is 4. The highest BCUT2D eigenvalue weighted by molar-refractivity contribution is 7.89. The number of amides is 1. The molecule has 7 nitrogen and oxygen atoms in total. The highest BCUT2D eigenvalue weighted by atomic mass is 35.5. The molecule has 27 heavy (non-hydrogen) atoms. The van der Waals surface area contributed by atoms with Gasteiger partial charge in [-0.2, -0.15) is 9.40 Å². The fraction of sp³-hybridized carbons (Fsp3) is 0.294. The number of aryl methyl sites for hydroxylation is 1. The Labute approximate surface area is 161 Å². The van der Waals surface area contributed by atoms with Gasteiger partial charge in [-0.1, -0.05) is 11.6 Å². The van der Waals surface area contributed by atoms with E-state index in [0.29, 0.717) is 0 Å². The zero-order chi connectivity index (χ0) is 19.6. The Kier molecular flexibility index (Phi) is 5.64. The number of sulfonamides is 1. The van der Waals surface area contributed by atoms with Crippen LogP contribution in [-0.4, -0.2) is 59.5 Å². The minimum atomic E-state index is -3.79. The van der Waals surface area contributed by atoms with E-state index in [0.717, 1.165) is 17.7 Å². The molecule has 0 N–H and O–H groups in total. The minimum Gasteiger partial charge on any atom is -0.337 e. The van der Waals surface area contributed by atoms with Crippen molar-refractivity contribution < 1.29 is 17.6 Å². The highest BCUT2D eigenvalue weighted by Crippen LogP contribution is 2.23. The molecule has 144 valence electrons. The Morgan fingerprint density at radius 1 is 1.26 bits per heavy atom. The third-order valence-corrected chi connectivity index (χ3v) is 6.41. The first-order valence-corrected chi connectivity index (χ1v) is 10.00. The maximum atomic E-state index is 13.3. The number of rotatable bonds is 4. The van der Waals surface area contributed by atoms with E-state index in [1.807, 2.05) is 0 Å². The largest absolute Gasteiger partial charge is 0.337 e. The van der Waals surface area contributed by atoms with Crippen LogP contribution in [0.2, 0.25) is 5.02 Å². The Morgan fingerprint density at radius 2 is 1.96 bits per heavy atom. The first kappa shape index (κ1) is 19.5. The number of carbonyl (C=O) groups is 1. The lowest BCUT2D eigenvalue weighted by Gasteiger charge is -2.33. The molecule has 1 aliphatic heterocycles. The molecule has 1 saturated heterocycles. The lowest BCUT2D eigenvalue weighted by molar-refractivity contribution is -0.127. The Hall–Kier alpha value is -2.23. The van der Waals surface area contributed by atoms with Crippen LogP contribution >= 0.6 is 11.6 Å². The van der Waals surface area contributed by atoms with Crippen LogP contribution < -0.4 is 0 Å². The maximum Gasteiger partial charge on any atom is 0.246 e. The summed E-state index contributed by atoms with van der Waals surface area (Å²) in [6.45, 7) is 0.850. The molecular formula is C17H18ClFN4O3S. The summed E-state index contributed by atoms with van der Waals surface area (Å²) in [5, 5.41) is 3.77. The highest BCUT2D eigenvalue weighted by Gasteiger charge is 2.30. The fourth-order valence-electron chi connectivity index (χ4n) is 2.73. The van der Waals surface area contributed by atoms with E-state index in [1.54, 1.807) is 35.1 Å². The number of piperazine rings is 1. The topological polar surface area (TPSA) is 75.5 Å². The first-order valence-electron chi connectivity index (χ1n) is 8.18. The van der Waals surface area contributed by atoms with Gasteiger partial charge in [0.05, 0.1) is 16.1 Å². The van der Waals surface area contributed by atoms with Crippen molar-refractivity contribution in [1.29, 1.82) is 0 Å². The Balaban J connectivity index is 1.63. The zero-order valence-electron chi connectivity index (χ0n) is 14.5. The van der Waals surface area contributed by atoms with Crippen molar-refractivity contribution in [1.82, 2.24) is 19.0 Å². The van der Waals surface area contributed by atoms with Gasteiger partial charge in [0, 0.05) is 51.1 Å². The van der Waals surface area contributed by atoms with E-state index in [4.69, 9.17) is 11.6 Å². The second kappa shape index (κ2) is 7.79. The third kappa shape index (κ3) is 4.37. The van der Waals surface area contributed by atoms with Gasteiger partial charge in [-0.05, 0) is 24.3 Å².